The number of carbonyl (C=O) groups is 1. The minimum Gasteiger partial charge on any atom is -0.348 e. The summed E-state index contributed by atoms with van der Waals surface area (Å²) in [6.07, 6.45) is 6.45. The smallest absolute Gasteiger partial charge is 0.254 e. The first kappa shape index (κ1) is 17.7. The summed E-state index contributed by atoms with van der Waals surface area (Å²) in [5.41, 5.74) is 2.75. The van der Waals surface area contributed by atoms with E-state index in [9.17, 15) is 4.79 Å². The molecule has 1 aromatic heterocycles. The second-order valence-corrected chi connectivity index (χ2v) is 6.07. The molecule has 7 heteroatoms. The predicted octanol–water partition coefficient (Wildman–Crippen LogP) is 2.71. The van der Waals surface area contributed by atoms with Gasteiger partial charge in [0.1, 0.15) is 0 Å². The van der Waals surface area contributed by atoms with Crippen molar-refractivity contribution < 1.29 is 4.79 Å². The number of amides is 1. The highest BCUT2D eigenvalue weighted by Crippen LogP contribution is 2.15. The normalized spacial score (nSPS) is 13.9. The molecule has 122 valence electrons. The van der Waals surface area contributed by atoms with E-state index in [0.717, 1.165) is 29.7 Å². The van der Waals surface area contributed by atoms with Crippen molar-refractivity contribution in [3.63, 3.8) is 0 Å². The highest BCUT2D eigenvalue weighted by Gasteiger charge is 2.11. The van der Waals surface area contributed by atoms with Crippen molar-refractivity contribution >= 4 is 34.2 Å². The lowest BCUT2D eigenvalue weighted by molar-refractivity contribution is 0.0956. The van der Waals surface area contributed by atoms with Crippen molar-refractivity contribution in [3.05, 3.63) is 58.3 Å². The predicted molar refractivity (Wildman–Crippen MR) is 96.4 cm³/mol. The number of hydrogen-bond donors (Lipinski definition) is 2. The first-order chi connectivity index (χ1) is 10.7. The second-order valence-electron chi connectivity index (χ2n) is 5.15. The van der Waals surface area contributed by atoms with Crippen LogP contribution in [0, 0.1) is 0 Å². The Morgan fingerprint density at radius 1 is 1.43 bits per heavy atom. The van der Waals surface area contributed by atoms with Gasteiger partial charge in [-0.1, -0.05) is 33.6 Å². The maximum absolute atomic E-state index is 12.2. The van der Waals surface area contributed by atoms with Crippen LogP contribution in [0.2, 0.25) is 0 Å². The Balaban J connectivity index is 0.00000192. The summed E-state index contributed by atoms with van der Waals surface area (Å²) in [6, 6.07) is 7.78. The number of nitrogens with zero attached hydrogens (tertiary/aromatic N) is 2. The quantitative estimate of drug-likeness (QED) is 0.780. The third-order valence-electron chi connectivity index (χ3n) is 3.55. The molecule has 1 amide bonds. The van der Waals surface area contributed by atoms with Gasteiger partial charge in [0.25, 0.3) is 5.91 Å². The highest BCUT2D eigenvalue weighted by atomic mass is 79.9. The fourth-order valence-electron chi connectivity index (χ4n) is 2.33. The van der Waals surface area contributed by atoms with E-state index in [2.05, 4.69) is 37.7 Å². The Kier molecular flexibility index (Phi) is 6.38. The molecule has 0 fully saturated rings. The molecule has 0 unspecified atom stereocenters. The van der Waals surface area contributed by atoms with E-state index in [1.54, 1.807) is 17.1 Å². The fourth-order valence-corrected chi connectivity index (χ4v) is 2.71. The Morgan fingerprint density at radius 3 is 3.04 bits per heavy atom. The number of nitrogens with one attached hydrogen (secondary N) is 2. The molecule has 0 bridgehead atoms. The van der Waals surface area contributed by atoms with Crippen LogP contribution in [0.3, 0.4) is 0 Å². The van der Waals surface area contributed by atoms with Crippen LogP contribution in [-0.2, 0) is 0 Å². The lowest BCUT2D eigenvalue weighted by atomic mass is 10.1. The standard InChI is InChI=1S/C16H17BrN4O.ClH/c17-14-2-1-3-15(8-14)21-11-13(10-20-21)16(22)19-9-12-4-6-18-7-5-12;/h1-4,8,10-11,18H,5-7,9H2,(H,19,22);1H. The van der Waals surface area contributed by atoms with E-state index in [-0.39, 0.29) is 18.3 Å². The van der Waals surface area contributed by atoms with Gasteiger partial charge in [0.05, 0.1) is 17.4 Å². The average Bonchev–Trinajstić information content (AvgIpc) is 3.04. The number of benzene rings is 1. The van der Waals surface area contributed by atoms with E-state index in [4.69, 9.17) is 0 Å². The molecule has 2 N–H and O–H groups in total. The van der Waals surface area contributed by atoms with Crippen molar-refractivity contribution in [2.75, 3.05) is 19.6 Å². The van der Waals surface area contributed by atoms with Crippen LogP contribution >= 0.6 is 28.3 Å². The SMILES string of the molecule is Cl.O=C(NCC1=CCNCC1)c1cnn(-c2cccc(Br)c2)c1. The molecule has 0 saturated heterocycles. The highest BCUT2D eigenvalue weighted by molar-refractivity contribution is 9.10. The lowest BCUT2D eigenvalue weighted by Gasteiger charge is -2.14. The van der Waals surface area contributed by atoms with Gasteiger partial charge in [-0.25, -0.2) is 4.68 Å². The molecular formula is C16H18BrClN4O. The summed E-state index contributed by atoms with van der Waals surface area (Å²) in [7, 11) is 0. The molecule has 0 aliphatic carbocycles. The summed E-state index contributed by atoms with van der Waals surface area (Å²) < 4.78 is 2.67. The number of carbonyl (C=O) groups excluding carboxylic acids is 1. The van der Waals surface area contributed by atoms with Crippen LogP contribution < -0.4 is 10.6 Å². The minimum atomic E-state index is -0.0966. The topological polar surface area (TPSA) is 59.0 Å². The first-order valence-electron chi connectivity index (χ1n) is 7.20. The Hall–Kier alpha value is -1.63. The van der Waals surface area contributed by atoms with Crippen molar-refractivity contribution in [1.29, 1.82) is 0 Å². The van der Waals surface area contributed by atoms with Gasteiger partial charge in [0.2, 0.25) is 0 Å². The van der Waals surface area contributed by atoms with Crippen LogP contribution in [0.15, 0.2) is 52.8 Å². The minimum absolute atomic E-state index is 0. The van der Waals surface area contributed by atoms with Crippen molar-refractivity contribution in [2.45, 2.75) is 6.42 Å². The summed E-state index contributed by atoms with van der Waals surface area (Å²) in [6.45, 7) is 2.46. The molecule has 23 heavy (non-hydrogen) atoms. The Morgan fingerprint density at radius 2 is 2.30 bits per heavy atom. The lowest BCUT2D eigenvalue weighted by Crippen LogP contribution is -2.29. The molecule has 3 rings (SSSR count). The van der Waals surface area contributed by atoms with Gasteiger partial charge in [-0.15, -0.1) is 12.4 Å². The molecule has 0 saturated carbocycles. The zero-order valence-corrected chi connectivity index (χ0v) is 14.9. The number of hydrogen-bond acceptors (Lipinski definition) is 3. The molecule has 2 aromatic rings. The van der Waals surface area contributed by atoms with Crippen molar-refractivity contribution in [1.82, 2.24) is 20.4 Å². The van der Waals surface area contributed by atoms with Gasteiger partial charge in [-0.05, 0) is 31.2 Å². The van der Waals surface area contributed by atoms with E-state index in [1.165, 1.54) is 5.57 Å². The largest absolute Gasteiger partial charge is 0.348 e. The summed E-state index contributed by atoms with van der Waals surface area (Å²) in [5.74, 6) is -0.0966. The number of aromatic nitrogens is 2. The van der Waals surface area contributed by atoms with Gasteiger partial charge in [0.15, 0.2) is 0 Å². The van der Waals surface area contributed by atoms with Crippen molar-refractivity contribution in [3.8, 4) is 5.69 Å². The average molecular weight is 398 g/mol. The molecule has 1 aliphatic heterocycles. The van der Waals surface area contributed by atoms with E-state index >= 15 is 0 Å². The third-order valence-corrected chi connectivity index (χ3v) is 4.04. The van der Waals surface area contributed by atoms with E-state index < -0.39 is 0 Å². The zero-order valence-electron chi connectivity index (χ0n) is 12.5. The van der Waals surface area contributed by atoms with Gasteiger partial charge >= 0.3 is 0 Å². The number of rotatable bonds is 4. The summed E-state index contributed by atoms with van der Waals surface area (Å²) in [4.78, 5) is 12.2. The monoisotopic (exact) mass is 396 g/mol. The molecular weight excluding hydrogens is 380 g/mol. The summed E-state index contributed by atoms with van der Waals surface area (Å²) in [5, 5.41) is 10.5. The second kappa shape index (κ2) is 8.29. The Bertz CT molecular complexity index is 714. The van der Waals surface area contributed by atoms with Gasteiger partial charge in [-0.2, -0.15) is 5.10 Å². The van der Waals surface area contributed by atoms with Crippen LogP contribution in [0.25, 0.3) is 5.69 Å². The summed E-state index contributed by atoms with van der Waals surface area (Å²) >= 11 is 3.43. The molecule has 0 atom stereocenters. The maximum atomic E-state index is 12.2. The van der Waals surface area contributed by atoms with Crippen molar-refractivity contribution in [2.24, 2.45) is 0 Å². The zero-order chi connectivity index (χ0) is 15.4. The van der Waals surface area contributed by atoms with Gasteiger partial charge in [-0.3, -0.25) is 4.79 Å². The van der Waals surface area contributed by atoms with Crippen LogP contribution in [0.4, 0.5) is 0 Å². The fraction of sp³-hybridized carbons (Fsp3) is 0.250. The van der Waals surface area contributed by atoms with Gasteiger partial charge < -0.3 is 10.6 Å². The molecule has 5 nitrogen and oxygen atoms in total. The molecule has 2 heterocycles. The van der Waals surface area contributed by atoms with Crippen LogP contribution in [0.5, 0.6) is 0 Å². The molecule has 1 aromatic carbocycles. The molecule has 0 spiro atoms. The van der Waals surface area contributed by atoms with E-state index in [1.807, 2.05) is 24.3 Å². The molecule has 0 radical (unpaired) electrons. The van der Waals surface area contributed by atoms with Crippen LogP contribution in [0.1, 0.15) is 16.8 Å². The third kappa shape index (κ3) is 4.67. The van der Waals surface area contributed by atoms with Crippen LogP contribution in [-0.4, -0.2) is 35.3 Å². The number of halogens is 2. The van der Waals surface area contributed by atoms with Gasteiger partial charge in [0, 0.05) is 23.8 Å². The Labute approximate surface area is 149 Å². The molecule has 1 aliphatic rings. The van der Waals surface area contributed by atoms with E-state index in [0.29, 0.717) is 12.1 Å². The first-order valence-corrected chi connectivity index (χ1v) is 7.99. The maximum Gasteiger partial charge on any atom is 0.254 e.